The van der Waals surface area contributed by atoms with E-state index in [1.807, 2.05) is 50.2 Å². The van der Waals surface area contributed by atoms with E-state index < -0.39 is 11.8 Å². The molecule has 0 aliphatic heterocycles. The summed E-state index contributed by atoms with van der Waals surface area (Å²) in [6, 6.07) is 11.4. The van der Waals surface area contributed by atoms with E-state index in [0.717, 1.165) is 22.9 Å². The van der Waals surface area contributed by atoms with Gasteiger partial charge in [-0.15, -0.1) is 0 Å². The number of amides is 2. The van der Waals surface area contributed by atoms with Crippen molar-refractivity contribution in [1.82, 2.24) is 20.1 Å². The first-order valence-corrected chi connectivity index (χ1v) is 10.3. The van der Waals surface area contributed by atoms with Crippen molar-refractivity contribution in [3.05, 3.63) is 93.0 Å². The molecule has 3 rings (SSSR count). The maximum Gasteiger partial charge on any atom is 0.257 e. The quantitative estimate of drug-likeness (QED) is 0.497. The molecule has 0 bridgehead atoms. The average Bonchev–Trinajstić information content (AvgIpc) is 3.08. The Morgan fingerprint density at radius 1 is 1.22 bits per heavy atom. The van der Waals surface area contributed by atoms with Crippen molar-refractivity contribution in [3.63, 3.8) is 0 Å². The summed E-state index contributed by atoms with van der Waals surface area (Å²) < 4.78 is 1.70. The van der Waals surface area contributed by atoms with Gasteiger partial charge in [0.1, 0.15) is 5.56 Å². The predicted molar refractivity (Wildman–Crippen MR) is 124 cm³/mol. The molecule has 2 heterocycles. The Morgan fingerprint density at radius 3 is 2.53 bits per heavy atom. The number of aromatic amines is 1. The Balaban J connectivity index is 1.95. The van der Waals surface area contributed by atoms with Gasteiger partial charge in [0.05, 0.1) is 11.7 Å². The average molecular weight is 434 g/mol. The van der Waals surface area contributed by atoms with Gasteiger partial charge < -0.3 is 15.6 Å². The molecule has 0 aliphatic rings. The number of pyridine rings is 1. The molecule has 1 aromatic carbocycles. The van der Waals surface area contributed by atoms with Gasteiger partial charge in [-0.25, -0.2) is 0 Å². The van der Waals surface area contributed by atoms with Crippen molar-refractivity contribution in [1.29, 1.82) is 0 Å². The van der Waals surface area contributed by atoms with Gasteiger partial charge in [-0.2, -0.15) is 5.10 Å². The molecular weight excluding hydrogens is 406 g/mol. The maximum absolute atomic E-state index is 13.1. The van der Waals surface area contributed by atoms with Crippen molar-refractivity contribution >= 4 is 17.6 Å². The predicted octanol–water partition coefficient (Wildman–Crippen LogP) is 3.16. The van der Waals surface area contributed by atoms with E-state index in [9.17, 15) is 14.4 Å². The number of nitrogens with zero attached hydrogens (tertiary/aromatic N) is 2. The number of aryl methyl sites for hydroxylation is 2. The number of carbonyl (C=O) groups excluding carboxylic acids is 2. The zero-order chi connectivity index (χ0) is 23.4. The molecular formula is C24H27N5O3. The number of aromatic nitrogens is 3. The molecule has 3 aromatic rings. The number of anilines is 1. The van der Waals surface area contributed by atoms with Gasteiger partial charge in [-0.05, 0) is 51.0 Å². The minimum atomic E-state index is -0.470. The zero-order valence-electron chi connectivity index (χ0n) is 18.7. The second-order valence-electron chi connectivity index (χ2n) is 7.66. The molecule has 0 radical (unpaired) electrons. The van der Waals surface area contributed by atoms with Gasteiger partial charge in [0.15, 0.2) is 5.82 Å². The standard InChI is InChI=1S/C24H27N5O3/c1-6-20(30)27-22-21(17(5)29(28-22)16(4)18-10-8-7-9-11-18)24(32)25-13-19-14(2)12-15(3)26-23(19)31/h6-12,16H,1,13H2,2-5H3,(H,25,32)(H,26,31)(H,27,28,30). The molecule has 1 unspecified atom stereocenters. The molecule has 3 N–H and O–H groups in total. The van der Waals surface area contributed by atoms with Gasteiger partial charge >= 0.3 is 0 Å². The SMILES string of the molecule is C=CC(=O)Nc1nn(C(C)c2ccccc2)c(C)c1C(=O)NCc1c(C)cc(C)[nH]c1=O. The van der Waals surface area contributed by atoms with E-state index in [1.54, 1.807) is 18.5 Å². The first kappa shape index (κ1) is 22.7. The van der Waals surface area contributed by atoms with Gasteiger partial charge in [-0.1, -0.05) is 36.9 Å². The first-order chi connectivity index (χ1) is 15.2. The third-order valence-corrected chi connectivity index (χ3v) is 5.37. The highest BCUT2D eigenvalue weighted by molar-refractivity contribution is 6.06. The van der Waals surface area contributed by atoms with Crippen LogP contribution in [0.1, 0.15) is 51.4 Å². The Labute approximate surface area is 186 Å². The van der Waals surface area contributed by atoms with Crippen LogP contribution in [0.4, 0.5) is 5.82 Å². The van der Waals surface area contributed by atoms with E-state index in [0.29, 0.717) is 11.3 Å². The summed E-state index contributed by atoms with van der Waals surface area (Å²) in [4.78, 5) is 40.1. The Kier molecular flexibility index (Phi) is 6.73. The van der Waals surface area contributed by atoms with Crippen molar-refractivity contribution in [3.8, 4) is 0 Å². The van der Waals surface area contributed by atoms with Crippen LogP contribution >= 0.6 is 0 Å². The molecule has 8 heteroatoms. The zero-order valence-corrected chi connectivity index (χ0v) is 18.7. The molecule has 0 saturated heterocycles. The van der Waals surface area contributed by atoms with Crippen LogP contribution in [-0.2, 0) is 11.3 Å². The fourth-order valence-corrected chi connectivity index (χ4v) is 3.65. The Morgan fingerprint density at radius 2 is 1.91 bits per heavy atom. The monoisotopic (exact) mass is 433 g/mol. The summed E-state index contributed by atoms with van der Waals surface area (Å²) in [5, 5.41) is 9.92. The number of H-pyrrole nitrogens is 1. The largest absolute Gasteiger partial charge is 0.348 e. The highest BCUT2D eigenvalue weighted by atomic mass is 16.2. The highest BCUT2D eigenvalue weighted by Crippen LogP contribution is 2.26. The number of benzene rings is 1. The van der Waals surface area contributed by atoms with Crippen LogP contribution in [0.2, 0.25) is 0 Å². The van der Waals surface area contributed by atoms with Crippen LogP contribution in [-0.4, -0.2) is 26.6 Å². The lowest BCUT2D eigenvalue weighted by Crippen LogP contribution is -2.29. The van der Waals surface area contributed by atoms with Gasteiger partial charge in [-0.3, -0.25) is 19.1 Å². The van der Waals surface area contributed by atoms with Gasteiger partial charge in [0.2, 0.25) is 5.91 Å². The van der Waals surface area contributed by atoms with Crippen molar-refractivity contribution in [2.45, 2.75) is 40.3 Å². The normalized spacial score (nSPS) is 11.6. The maximum atomic E-state index is 13.1. The number of rotatable bonds is 7. The van der Waals surface area contributed by atoms with E-state index in [4.69, 9.17) is 0 Å². The third kappa shape index (κ3) is 4.69. The highest BCUT2D eigenvalue weighted by Gasteiger charge is 2.25. The molecule has 1 atom stereocenters. The molecule has 0 saturated carbocycles. The second-order valence-corrected chi connectivity index (χ2v) is 7.66. The molecule has 8 nitrogen and oxygen atoms in total. The summed E-state index contributed by atoms with van der Waals surface area (Å²) in [7, 11) is 0. The van der Waals surface area contributed by atoms with Crippen molar-refractivity contribution in [2.24, 2.45) is 0 Å². The van der Waals surface area contributed by atoms with Crippen LogP contribution in [0.15, 0.2) is 53.8 Å². The lowest BCUT2D eigenvalue weighted by atomic mass is 10.1. The summed E-state index contributed by atoms with van der Waals surface area (Å²) >= 11 is 0. The lowest BCUT2D eigenvalue weighted by Gasteiger charge is -2.15. The molecule has 0 spiro atoms. The van der Waals surface area contributed by atoms with Crippen LogP contribution < -0.4 is 16.2 Å². The fourth-order valence-electron chi connectivity index (χ4n) is 3.65. The van der Waals surface area contributed by atoms with Gasteiger partial charge in [0, 0.05) is 17.8 Å². The third-order valence-electron chi connectivity index (χ3n) is 5.37. The Hall–Kier alpha value is -3.94. The van der Waals surface area contributed by atoms with Crippen LogP contribution in [0.25, 0.3) is 0 Å². The lowest BCUT2D eigenvalue weighted by molar-refractivity contribution is -0.111. The number of carbonyl (C=O) groups is 2. The summed E-state index contributed by atoms with van der Waals surface area (Å²) in [5.74, 6) is -0.767. The summed E-state index contributed by atoms with van der Waals surface area (Å²) in [6.07, 6.45) is 1.12. The van der Waals surface area contributed by atoms with Crippen LogP contribution in [0.5, 0.6) is 0 Å². The molecule has 0 aliphatic carbocycles. The van der Waals surface area contributed by atoms with E-state index in [-0.39, 0.29) is 29.5 Å². The summed E-state index contributed by atoms with van der Waals surface area (Å²) in [6.45, 7) is 10.9. The Bertz CT molecular complexity index is 1220. The van der Waals surface area contributed by atoms with Crippen LogP contribution in [0, 0.1) is 20.8 Å². The number of nitrogens with one attached hydrogen (secondary N) is 3. The van der Waals surface area contributed by atoms with Crippen molar-refractivity contribution < 1.29 is 9.59 Å². The smallest absolute Gasteiger partial charge is 0.257 e. The topological polar surface area (TPSA) is 109 Å². The van der Waals surface area contributed by atoms with Crippen molar-refractivity contribution in [2.75, 3.05) is 5.32 Å². The molecule has 166 valence electrons. The molecule has 32 heavy (non-hydrogen) atoms. The molecule has 2 amide bonds. The fraction of sp³-hybridized carbons (Fsp3) is 0.250. The molecule has 0 fully saturated rings. The number of hydrogen-bond donors (Lipinski definition) is 3. The minimum Gasteiger partial charge on any atom is -0.348 e. The van der Waals surface area contributed by atoms with Gasteiger partial charge in [0.25, 0.3) is 11.5 Å². The summed E-state index contributed by atoms with van der Waals surface area (Å²) in [5.41, 5.74) is 3.61. The molecule has 2 aromatic heterocycles. The first-order valence-electron chi connectivity index (χ1n) is 10.3. The van der Waals surface area contributed by atoms with Crippen LogP contribution in [0.3, 0.4) is 0 Å². The van der Waals surface area contributed by atoms with E-state index >= 15 is 0 Å². The minimum absolute atomic E-state index is 0.0496. The number of hydrogen-bond acceptors (Lipinski definition) is 4. The van der Waals surface area contributed by atoms with E-state index in [2.05, 4.69) is 27.3 Å². The van der Waals surface area contributed by atoms with E-state index in [1.165, 1.54) is 0 Å². The second kappa shape index (κ2) is 9.47.